The van der Waals surface area contributed by atoms with E-state index in [0.717, 1.165) is 55.9 Å². The third-order valence-corrected chi connectivity index (χ3v) is 6.91. The zero-order valence-corrected chi connectivity index (χ0v) is 16.3. The summed E-state index contributed by atoms with van der Waals surface area (Å²) in [4.78, 5) is 2.40. The maximum atomic E-state index is 10.2. The fraction of sp³-hybridized carbons (Fsp3) is 0.652. The number of aliphatic hydroxyl groups is 1. The average molecular weight is 370 g/mol. The van der Waals surface area contributed by atoms with Crippen molar-refractivity contribution >= 4 is 0 Å². The third-order valence-electron chi connectivity index (χ3n) is 6.91. The second-order valence-electron chi connectivity index (χ2n) is 9.12. The van der Waals surface area contributed by atoms with Crippen LogP contribution in [0.1, 0.15) is 44.1 Å². The molecule has 1 aromatic carbocycles. The third kappa shape index (κ3) is 3.50. The highest BCUT2D eigenvalue weighted by Crippen LogP contribution is 2.47. The Kier molecular flexibility index (Phi) is 4.44. The standard InChI is InChI=1S/C23H31NO3/c1-24-11-10-23(9-8-19(25)13-22(23)24)18-6-7-20(26-14-16-2-3-16)21(12-18)27-15-17-4-5-17/h6-9,12,16-17,19,22,25H,2-5,10-11,13-15H2,1H3/t19-,22-,23-/m0/s1. The highest BCUT2D eigenvalue weighted by molar-refractivity contribution is 5.49. The van der Waals surface area contributed by atoms with Gasteiger partial charge in [0.05, 0.1) is 19.3 Å². The van der Waals surface area contributed by atoms with Gasteiger partial charge in [-0.05, 0) is 81.6 Å². The molecule has 4 heteroatoms. The monoisotopic (exact) mass is 369 g/mol. The summed E-state index contributed by atoms with van der Waals surface area (Å²) in [6.45, 7) is 2.66. The molecule has 0 aromatic heterocycles. The van der Waals surface area contributed by atoms with Crippen LogP contribution in [0.2, 0.25) is 0 Å². The molecule has 3 atom stereocenters. The minimum absolute atomic E-state index is 0.0271. The quantitative estimate of drug-likeness (QED) is 0.747. The van der Waals surface area contributed by atoms with E-state index < -0.39 is 0 Å². The summed E-state index contributed by atoms with van der Waals surface area (Å²) in [6, 6.07) is 6.90. The molecule has 3 fully saturated rings. The van der Waals surface area contributed by atoms with Gasteiger partial charge in [-0.2, -0.15) is 0 Å². The Hall–Kier alpha value is -1.52. The van der Waals surface area contributed by atoms with Crippen LogP contribution in [0.4, 0.5) is 0 Å². The van der Waals surface area contributed by atoms with Crippen molar-refractivity contribution in [3.63, 3.8) is 0 Å². The maximum absolute atomic E-state index is 10.2. The lowest BCUT2D eigenvalue weighted by Gasteiger charge is -2.39. The number of fused-ring (bicyclic) bond motifs is 1. The topological polar surface area (TPSA) is 41.9 Å². The summed E-state index contributed by atoms with van der Waals surface area (Å²) in [5, 5.41) is 10.2. The summed E-state index contributed by atoms with van der Waals surface area (Å²) in [5.74, 6) is 3.25. The van der Waals surface area contributed by atoms with Gasteiger partial charge in [0.25, 0.3) is 0 Å². The van der Waals surface area contributed by atoms with E-state index >= 15 is 0 Å². The Morgan fingerprint density at radius 1 is 1.07 bits per heavy atom. The van der Waals surface area contributed by atoms with Crippen LogP contribution in [0.3, 0.4) is 0 Å². The van der Waals surface area contributed by atoms with Gasteiger partial charge < -0.3 is 19.5 Å². The molecule has 1 saturated heterocycles. The van der Waals surface area contributed by atoms with Crippen LogP contribution in [-0.4, -0.2) is 49.0 Å². The molecule has 3 aliphatic carbocycles. The van der Waals surface area contributed by atoms with Crippen LogP contribution in [-0.2, 0) is 5.41 Å². The second kappa shape index (κ2) is 6.82. The van der Waals surface area contributed by atoms with Crippen LogP contribution in [0.5, 0.6) is 11.5 Å². The minimum atomic E-state index is -0.338. The first-order valence-electron chi connectivity index (χ1n) is 10.6. The molecule has 0 spiro atoms. The normalized spacial score (nSPS) is 33.1. The van der Waals surface area contributed by atoms with Crippen LogP contribution in [0, 0.1) is 11.8 Å². The lowest BCUT2D eigenvalue weighted by Crippen LogP contribution is -2.44. The Morgan fingerprint density at radius 2 is 1.78 bits per heavy atom. The Morgan fingerprint density at radius 3 is 2.48 bits per heavy atom. The molecule has 0 unspecified atom stereocenters. The molecule has 4 nitrogen and oxygen atoms in total. The van der Waals surface area contributed by atoms with Crippen molar-refractivity contribution in [2.45, 2.75) is 56.1 Å². The predicted molar refractivity (Wildman–Crippen MR) is 105 cm³/mol. The zero-order chi connectivity index (χ0) is 18.4. The van der Waals surface area contributed by atoms with Gasteiger partial charge in [-0.1, -0.05) is 18.2 Å². The van der Waals surface area contributed by atoms with Crippen LogP contribution in [0.25, 0.3) is 0 Å². The SMILES string of the molecule is CN1CC[C@]2(c3ccc(OCC4CC4)c(OCC4CC4)c3)C=C[C@H](O)C[C@H]12. The van der Waals surface area contributed by atoms with Gasteiger partial charge in [-0.25, -0.2) is 0 Å². The smallest absolute Gasteiger partial charge is 0.161 e. The van der Waals surface area contributed by atoms with E-state index in [2.05, 4.69) is 36.2 Å². The molecule has 146 valence electrons. The van der Waals surface area contributed by atoms with Crippen LogP contribution >= 0.6 is 0 Å². The summed E-state index contributed by atoms with van der Waals surface area (Å²) < 4.78 is 12.3. The zero-order valence-electron chi connectivity index (χ0n) is 16.3. The van der Waals surface area contributed by atoms with Crippen molar-refractivity contribution in [1.29, 1.82) is 0 Å². The molecule has 27 heavy (non-hydrogen) atoms. The van der Waals surface area contributed by atoms with Crippen molar-refractivity contribution in [1.82, 2.24) is 4.90 Å². The molecule has 1 N–H and O–H groups in total. The largest absolute Gasteiger partial charge is 0.489 e. The van der Waals surface area contributed by atoms with E-state index in [0.29, 0.717) is 6.04 Å². The molecule has 0 amide bonds. The second-order valence-corrected chi connectivity index (χ2v) is 9.12. The van der Waals surface area contributed by atoms with Crippen molar-refractivity contribution in [2.75, 3.05) is 26.8 Å². The molecular weight excluding hydrogens is 338 g/mol. The maximum Gasteiger partial charge on any atom is 0.161 e. The van der Waals surface area contributed by atoms with Gasteiger partial charge in [0, 0.05) is 11.5 Å². The van der Waals surface area contributed by atoms with Crippen molar-refractivity contribution in [3.05, 3.63) is 35.9 Å². The van der Waals surface area contributed by atoms with Gasteiger partial charge in [0.2, 0.25) is 0 Å². The first-order chi connectivity index (χ1) is 13.1. The van der Waals surface area contributed by atoms with Gasteiger partial charge in [0.15, 0.2) is 11.5 Å². The summed E-state index contributed by atoms with van der Waals surface area (Å²) in [6.07, 6.45) is 10.9. The highest BCUT2D eigenvalue weighted by atomic mass is 16.5. The summed E-state index contributed by atoms with van der Waals surface area (Å²) in [7, 11) is 2.18. The number of nitrogens with zero attached hydrogens (tertiary/aromatic N) is 1. The number of aliphatic hydroxyl groups excluding tert-OH is 1. The fourth-order valence-corrected chi connectivity index (χ4v) is 4.70. The number of hydrogen-bond acceptors (Lipinski definition) is 4. The Labute approximate surface area is 162 Å². The van der Waals surface area contributed by atoms with Gasteiger partial charge >= 0.3 is 0 Å². The Balaban J connectivity index is 1.45. The molecule has 5 rings (SSSR count). The number of likely N-dealkylation sites (N-methyl/N-ethyl adjacent to an activating group) is 1. The molecule has 0 bridgehead atoms. The van der Waals surface area contributed by atoms with Crippen molar-refractivity contribution in [3.8, 4) is 11.5 Å². The number of benzene rings is 1. The molecule has 2 saturated carbocycles. The predicted octanol–water partition coefficient (Wildman–Crippen LogP) is 3.53. The number of rotatable bonds is 7. The highest BCUT2D eigenvalue weighted by Gasteiger charge is 2.48. The number of hydrogen-bond donors (Lipinski definition) is 1. The van der Waals surface area contributed by atoms with Crippen LogP contribution < -0.4 is 9.47 Å². The number of likely N-dealkylation sites (tertiary alicyclic amines) is 1. The Bertz CT molecular complexity index is 724. The van der Waals surface area contributed by atoms with E-state index in [-0.39, 0.29) is 11.5 Å². The molecule has 1 aliphatic heterocycles. The van der Waals surface area contributed by atoms with Crippen LogP contribution in [0.15, 0.2) is 30.4 Å². The van der Waals surface area contributed by atoms with E-state index in [1.165, 1.54) is 31.2 Å². The lowest BCUT2D eigenvalue weighted by atomic mass is 9.69. The van der Waals surface area contributed by atoms with E-state index in [1.807, 2.05) is 6.08 Å². The first kappa shape index (κ1) is 17.6. The van der Waals surface area contributed by atoms with Gasteiger partial charge in [-0.15, -0.1) is 0 Å². The average Bonchev–Trinajstić information content (AvgIpc) is 3.59. The fourth-order valence-electron chi connectivity index (χ4n) is 4.70. The molecule has 1 heterocycles. The molecule has 4 aliphatic rings. The van der Waals surface area contributed by atoms with E-state index in [4.69, 9.17) is 9.47 Å². The molecule has 1 aromatic rings. The summed E-state index contributed by atoms with van der Waals surface area (Å²) >= 11 is 0. The van der Waals surface area contributed by atoms with E-state index in [1.54, 1.807) is 0 Å². The lowest BCUT2D eigenvalue weighted by molar-refractivity contribution is 0.137. The molecule has 0 radical (unpaired) electrons. The first-order valence-corrected chi connectivity index (χ1v) is 10.6. The van der Waals surface area contributed by atoms with Crippen molar-refractivity contribution < 1.29 is 14.6 Å². The van der Waals surface area contributed by atoms with E-state index in [9.17, 15) is 5.11 Å². The minimum Gasteiger partial charge on any atom is -0.489 e. The van der Waals surface area contributed by atoms with Crippen molar-refractivity contribution in [2.24, 2.45) is 11.8 Å². The van der Waals surface area contributed by atoms with Gasteiger partial charge in [-0.3, -0.25) is 0 Å². The summed E-state index contributed by atoms with van der Waals surface area (Å²) in [5.41, 5.74) is 1.27. The van der Waals surface area contributed by atoms with Gasteiger partial charge in [0.1, 0.15) is 0 Å². The molecular formula is C23H31NO3. The number of ether oxygens (including phenoxy) is 2.